The van der Waals surface area contributed by atoms with Gasteiger partial charge < -0.3 is 5.11 Å². The van der Waals surface area contributed by atoms with Crippen molar-refractivity contribution < 1.29 is 5.11 Å². The van der Waals surface area contributed by atoms with Crippen molar-refractivity contribution in [2.45, 2.75) is 46.1 Å². The maximum absolute atomic E-state index is 9.97. The van der Waals surface area contributed by atoms with Crippen LogP contribution in [0.2, 0.25) is 0 Å². The molecule has 4 aliphatic carbocycles. The molecule has 1 N–H and O–H groups in total. The molecule has 0 aromatic heterocycles. The number of hydrogen-bond donors (Lipinski definition) is 1. The monoisotopic (exact) mass is 220 g/mol. The molecule has 16 heavy (non-hydrogen) atoms. The van der Waals surface area contributed by atoms with E-state index in [-0.39, 0.29) is 6.10 Å². The molecule has 0 radical (unpaired) electrons. The van der Waals surface area contributed by atoms with Crippen LogP contribution in [-0.4, -0.2) is 11.2 Å². The van der Waals surface area contributed by atoms with E-state index in [2.05, 4.69) is 27.4 Å². The number of aliphatic hydroxyl groups is 1. The fourth-order valence-corrected chi connectivity index (χ4v) is 5.25. The molecule has 0 aliphatic heterocycles. The molecule has 6 atom stereocenters. The molecule has 4 rings (SSSR count). The summed E-state index contributed by atoms with van der Waals surface area (Å²) in [5.41, 5.74) is 1.65. The first-order chi connectivity index (χ1) is 7.47. The van der Waals surface area contributed by atoms with Crippen LogP contribution in [0.15, 0.2) is 12.2 Å². The predicted octanol–water partition coefficient (Wildman–Crippen LogP) is 3.24. The molecular weight excluding hydrogens is 196 g/mol. The van der Waals surface area contributed by atoms with Gasteiger partial charge in [0.15, 0.2) is 0 Å². The Labute approximate surface area is 98.9 Å². The minimum absolute atomic E-state index is 0.203. The Balaban J connectivity index is 1.93. The van der Waals surface area contributed by atoms with Crippen LogP contribution in [0.1, 0.15) is 40.0 Å². The summed E-state index contributed by atoms with van der Waals surface area (Å²) >= 11 is 0. The summed E-state index contributed by atoms with van der Waals surface area (Å²) in [6.45, 7) is 11.3. The zero-order chi connectivity index (χ0) is 11.7. The van der Waals surface area contributed by atoms with Gasteiger partial charge in [0.05, 0.1) is 6.10 Å². The summed E-state index contributed by atoms with van der Waals surface area (Å²) in [5, 5.41) is 9.97. The Kier molecular flexibility index (Phi) is 2.12. The van der Waals surface area contributed by atoms with Crippen LogP contribution in [0.5, 0.6) is 0 Å². The molecule has 0 aromatic rings. The molecule has 0 amide bonds. The zero-order valence-electron chi connectivity index (χ0n) is 10.7. The second-order valence-electron chi connectivity index (χ2n) is 6.94. The van der Waals surface area contributed by atoms with Crippen molar-refractivity contribution in [3.05, 3.63) is 12.2 Å². The molecule has 4 saturated carbocycles. The third-order valence-electron chi connectivity index (χ3n) is 6.08. The summed E-state index contributed by atoms with van der Waals surface area (Å²) in [4.78, 5) is 0. The van der Waals surface area contributed by atoms with Gasteiger partial charge in [-0.3, -0.25) is 0 Å². The molecule has 0 saturated heterocycles. The van der Waals surface area contributed by atoms with E-state index >= 15 is 0 Å². The highest BCUT2D eigenvalue weighted by atomic mass is 16.3. The normalized spacial score (nSPS) is 55.1. The van der Waals surface area contributed by atoms with Gasteiger partial charge >= 0.3 is 0 Å². The molecule has 4 fully saturated rings. The predicted molar refractivity (Wildman–Crippen MR) is 65.9 cm³/mol. The molecular formula is C15H24O. The maximum Gasteiger partial charge on any atom is 0.0753 e. The topological polar surface area (TPSA) is 20.2 Å². The average molecular weight is 220 g/mol. The van der Waals surface area contributed by atoms with Crippen molar-refractivity contribution in [1.82, 2.24) is 0 Å². The fraction of sp³-hybridized carbons (Fsp3) is 0.867. The van der Waals surface area contributed by atoms with Crippen LogP contribution in [0.4, 0.5) is 0 Å². The number of aliphatic hydroxyl groups excluding tert-OH is 1. The van der Waals surface area contributed by atoms with Crippen LogP contribution in [0.25, 0.3) is 0 Å². The summed E-state index contributed by atoms with van der Waals surface area (Å²) in [6.07, 6.45) is 3.53. The van der Waals surface area contributed by atoms with E-state index in [1.807, 2.05) is 0 Å². The largest absolute Gasteiger partial charge is 0.389 e. The molecule has 0 aromatic carbocycles. The first kappa shape index (κ1) is 10.8. The Morgan fingerprint density at radius 1 is 1.44 bits per heavy atom. The Morgan fingerprint density at radius 3 is 2.69 bits per heavy atom. The minimum Gasteiger partial charge on any atom is -0.389 e. The van der Waals surface area contributed by atoms with E-state index in [4.69, 9.17) is 0 Å². The van der Waals surface area contributed by atoms with Crippen molar-refractivity contribution in [2.24, 2.45) is 35.0 Å². The van der Waals surface area contributed by atoms with Gasteiger partial charge in [-0.05, 0) is 59.8 Å². The molecule has 90 valence electrons. The minimum atomic E-state index is -0.203. The third-order valence-corrected chi connectivity index (χ3v) is 6.08. The van der Waals surface area contributed by atoms with E-state index in [0.717, 1.165) is 35.7 Å². The van der Waals surface area contributed by atoms with Crippen LogP contribution >= 0.6 is 0 Å². The van der Waals surface area contributed by atoms with Crippen molar-refractivity contribution in [2.75, 3.05) is 0 Å². The van der Waals surface area contributed by atoms with E-state index in [9.17, 15) is 5.11 Å². The summed E-state index contributed by atoms with van der Waals surface area (Å²) < 4.78 is 0. The van der Waals surface area contributed by atoms with Gasteiger partial charge in [0.1, 0.15) is 0 Å². The number of fused-ring (bicyclic) bond motifs is 2. The van der Waals surface area contributed by atoms with Gasteiger partial charge in [-0.25, -0.2) is 0 Å². The lowest BCUT2D eigenvalue weighted by atomic mass is 9.33. The van der Waals surface area contributed by atoms with Crippen molar-refractivity contribution in [1.29, 1.82) is 0 Å². The van der Waals surface area contributed by atoms with Gasteiger partial charge in [0.2, 0.25) is 0 Å². The van der Waals surface area contributed by atoms with Gasteiger partial charge in [-0.1, -0.05) is 27.4 Å². The smallest absolute Gasteiger partial charge is 0.0753 e. The Morgan fingerprint density at radius 2 is 2.12 bits per heavy atom. The van der Waals surface area contributed by atoms with Crippen molar-refractivity contribution in [3.8, 4) is 0 Å². The maximum atomic E-state index is 9.97. The molecule has 1 heteroatoms. The van der Waals surface area contributed by atoms with E-state index in [1.165, 1.54) is 12.8 Å². The average Bonchev–Trinajstić information content (AvgIpc) is 2.22. The molecule has 0 spiro atoms. The lowest BCUT2D eigenvalue weighted by Crippen LogP contribution is -2.67. The molecule has 0 heterocycles. The zero-order valence-corrected chi connectivity index (χ0v) is 10.7. The fourth-order valence-electron chi connectivity index (χ4n) is 5.25. The van der Waals surface area contributed by atoms with E-state index in [1.54, 1.807) is 0 Å². The Hall–Kier alpha value is -0.300. The quantitative estimate of drug-likeness (QED) is 0.673. The summed E-state index contributed by atoms with van der Waals surface area (Å²) in [5.74, 6) is 3.92. The molecule has 4 aliphatic rings. The summed E-state index contributed by atoms with van der Waals surface area (Å²) in [7, 11) is 0. The second kappa shape index (κ2) is 3.13. The van der Waals surface area contributed by atoms with Gasteiger partial charge in [0, 0.05) is 0 Å². The third kappa shape index (κ3) is 1.06. The standard InChI is InChI=1S/C15H24O/c1-8(2)10-5-6-15(4)11-7-12(16)9(3)14(15)13(10)11/h8,10-14,16H,3,5-7H2,1-2,4H3/t10-,11-,12-,13-,14+,15+/m1/s1. The first-order valence-corrected chi connectivity index (χ1v) is 6.83. The van der Waals surface area contributed by atoms with Crippen molar-refractivity contribution in [3.63, 3.8) is 0 Å². The van der Waals surface area contributed by atoms with Gasteiger partial charge in [-0.2, -0.15) is 0 Å². The first-order valence-electron chi connectivity index (χ1n) is 6.83. The molecule has 4 bridgehead atoms. The van der Waals surface area contributed by atoms with Gasteiger partial charge in [0.25, 0.3) is 0 Å². The van der Waals surface area contributed by atoms with Crippen molar-refractivity contribution >= 4 is 0 Å². The molecule has 1 nitrogen and oxygen atoms in total. The number of rotatable bonds is 1. The highest BCUT2D eigenvalue weighted by molar-refractivity contribution is 5.29. The van der Waals surface area contributed by atoms with E-state index < -0.39 is 0 Å². The summed E-state index contributed by atoms with van der Waals surface area (Å²) in [6, 6.07) is 0. The lowest BCUT2D eigenvalue weighted by molar-refractivity contribution is -0.211. The van der Waals surface area contributed by atoms with Crippen LogP contribution in [0, 0.1) is 35.0 Å². The lowest BCUT2D eigenvalue weighted by Gasteiger charge is -2.71. The highest BCUT2D eigenvalue weighted by Crippen LogP contribution is 2.72. The van der Waals surface area contributed by atoms with Crippen LogP contribution in [0.3, 0.4) is 0 Å². The second-order valence-corrected chi connectivity index (χ2v) is 6.94. The Bertz CT molecular complexity index is 332. The van der Waals surface area contributed by atoms with Crippen LogP contribution < -0.4 is 0 Å². The highest BCUT2D eigenvalue weighted by Gasteiger charge is 2.67. The van der Waals surface area contributed by atoms with Gasteiger partial charge in [-0.15, -0.1) is 0 Å². The molecule has 0 unspecified atom stereocenters. The van der Waals surface area contributed by atoms with Crippen LogP contribution in [-0.2, 0) is 0 Å². The van der Waals surface area contributed by atoms with E-state index in [0.29, 0.717) is 11.3 Å². The number of hydrogen-bond acceptors (Lipinski definition) is 1. The SMILES string of the molecule is C=C1[C@H](O)C[C@@H]2[C@H]3[C@@H](C(C)C)CC[C@]2(C)[C@@H]13.